The molecule has 0 aliphatic carbocycles. The molecule has 3 N–H and O–H groups in total. The van der Waals surface area contributed by atoms with E-state index in [4.69, 9.17) is 21.0 Å². The maximum Gasteiger partial charge on any atom is 0.433 e. The van der Waals surface area contributed by atoms with E-state index in [1.54, 1.807) is 36.7 Å². The SMILES string of the molecule is N#Cc1nccc(NC2CCN(Cc3ccc(-n4c(-c5cccnc5N)nc5ccc(-c6ccc(C(F)(F)F)nc6)nc54)cc3)CC2)n1. The van der Waals surface area contributed by atoms with E-state index in [0.29, 0.717) is 45.4 Å². The zero-order valence-corrected chi connectivity index (χ0v) is 25.4. The third-order valence-electron chi connectivity index (χ3n) is 8.23. The summed E-state index contributed by atoms with van der Waals surface area (Å²) in [7, 11) is 0. The van der Waals surface area contributed by atoms with Crippen LogP contribution >= 0.6 is 0 Å². The fraction of sp³-hybridized carbons (Fsp3) is 0.206. The number of rotatable bonds is 7. The van der Waals surface area contributed by atoms with E-state index < -0.39 is 11.9 Å². The molecule has 6 heterocycles. The molecule has 14 heteroatoms. The summed E-state index contributed by atoms with van der Waals surface area (Å²) in [6, 6.07) is 21.5. The highest BCUT2D eigenvalue weighted by atomic mass is 19.4. The summed E-state index contributed by atoms with van der Waals surface area (Å²) < 4.78 is 41.2. The Labute approximate surface area is 273 Å². The minimum Gasteiger partial charge on any atom is -0.383 e. The van der Waals surface area contributed by atoms with Crippen molar-refractivity contribution in [1.29, 1.82) is 5.26 Å². The number of nitrogens with zero attached hydrogens (tertiary/aromatic N) is 9. The maximum atomic E-state index is 13.1. The number of pyridine rings is 3. The van der Waals surface area contributed by atoms with E-state index in [1.165, 1.54) is 12.3 Å². The van der Waals surface area contributed by atoms with Gasteiger partial charge in [0.25, 0.3) is 0 Å². The second-order valence-corrected chi connectivity index (χ2v) is 11.4. The molecule has 48 heavy (non-hydrogen) atoms. The normalized spacial score (nSPS) is 14.2. The molecule has 0 spiro atoms. The van der Waals surface area contributed by atoms with Crippen molar-refractivity contribution in [3.05, 3.63) is 102 Å². The van der Waals surface area contributed by atoms with Gasteiger partial charge >= 0.3 is 6.18 Å². The summed E-state index contributed by atoms with van der Waals surface area (Å²) >= 11 is 0. The maximum absolute atomic E-state index is 13.1. The molecule has 1 aromatic carbocycles. The second-order valence-electron chi connectivity index (χ2n) is 11.4. The number of halogens is 3. The third kappa shape index (κ3) is 6.36. The fourth-order valence-corrected chi connectivity index (χ4v) is 5.81. The van der Waals surface area contributed by atoms with Gasteiger partial charge in [-0.15, -0.1) is 0 Å². The monoisotopic (exact) mass is 647 g/mol. The summed E-state index contributed by atoms with van der Waals surface area (Å²) in [5.74, 6) is 1.65. The van der Waals surface area contributed by atoms with Crippen LogP contribution < -0.4 is 11.1 Å². The van der Waals surface area contributed by atoms with Crippen LogP contribution in [-0.4, -0.2) is 58.5 Å². The first-order valence-electron chi connectivity index (χ1n) is 15.2. The van der Waals surface area contributed by atoms with Crippen LogP contribution in [0.15, 0.2) is 85.3 Å². The van der Waals surface area contributed by atoms with Crippen molar-refractivity contribution in [2.24, 2.45) is 0 Å². The summed E-state index contributed by atoms with van der Waals surface area (Å²) in [5, 5.41) is 12.5. The van der Waals surface area contributed by atoms with Crippen LogP contribution in [0.5, 0.6) is 0 Å². The van der Waals surface area contributed by atoms with Gasteiger partial charge < -0.3 is 11.1 Å². The van der Waals surface area contributed by atoms with Gasteiger partial charge in [-0.2, -0.15) is 18.4 Å². The van der Waals surface area contributed by atoms with E-state index in [2.05, 4.69) is 42.3 Å². The smallest absolute Gasteiger partial charge is 0.383 e. The molecular formula is C34H28F3N11. The number of anilines is 2. The van der Waals surface area contributed by atoms with Crippen LogP contribution in [0.1, 0.15) is 29.9 Å². The molecule has 1 aliphatic rings. The van der Waals surface area contributed by atoms with Crippen LogP contribution in [0, 0.1) is 11.3 Å². The average molecular weight is 648 g/mol. The molecule has 5 aromatic heterocycles. The number of hydrogen-bond acceptors (Lipinski definition) is 10. The second kappa shape index (κ2) is 12.7. The molecule has 1 saturated heterocycles. The van der Waals surface area contributed by atoms with Crippen molar-refractivity contribution >= 4 is 22.8 Å². The Hall–Kier alpha value is -5.94. The first-order chi connectivity index (χ1) is 23.2. The van der Waals surface area contributed by atoms with Crippen LogP contribution in [0.25, 0.3) is 39.5 Å². The van der Waals surface area contributed by atoms with Gasteiger partial charge in [-0.05, 0) is 73.0 Å². The Balaban J connectivity index is 1.14. The third-order valence-corrected chi connectivity index (χ3v) is 8.23. The Morgan fingerprint density at radius 2 is 1.71 bits per heavy atom. The molecule has 6 aromatic rings. The van der Waals surface area contributed by atoms with Gasteiger partial charge in [-0.25, -0.2) is 24.9 Å². The fourth-order valence-electron chi connectivity index (χ4n) is 5.81. The molecule has 7 rings (SSSR count). The Kier molecular flexibility index (Phi) is 8.12. The lowest BCUT2D eigenvalue weighted by molar-refractivity contribution is -0.141. The lowest BCUT2D eigenvalue weighted by Gasteiger charge is -2.32. The molecule has 1 fully saturated rings. The molecule has 0 amide bonds. The number of fused-ring (bicyclic) bond motifs is 1. The number of imidazole rings is 1. The number of alkyl halides is 3. The van der Waals surface area contributed by atoms with Gasteiger partial charge in [-0.3, -0.25) is 14.5 Å². The Bertz CT molecular complexity index is 2110. The van der Waals surface area contributed by atoms with Gasteiger partial charge in [0.05, 0.1) is 11.3 Å². The topological polar surface area (TPSA) is 147 Å². The molecule has 1 aliphatic heterocycles. The molecule has 0 radical (unpaired) electrons. The van der Waals surface area contributed by atoms with Crippen molar-refractivity contribution in [3.8, 4) is 34.4 Å². The van der Waals surface area contributed by atoms with E-state index in [9.17, 15) is 13.2 Å². The number of piperidine rings is 1. The number of hydrogen-bond donors (Lipinski definition) is 2. The van der Waals surface area contributed by atoms with Crippen molar-refractivity contribution in [1.82, 2.24) is 39.4 Å². The number of nitrogens with two attached hydrogens (primary N) is 1. The summed E-state index contributed by atoms with van der Waals surface area (Å²) in [4.78, 5) is 28.1. The summed E-state index contributed by atoms with van der Waals surface area (Å²) in [5.41, 5.74) is 9.85. The highest BCUT2D eigenvalue weighted by Crippen LogP contribution is 2.33. The molecule has 0 saturated carbocycles. The van der Waals surface area contributed by atoms with Crippen LogP contribution in [-0.2, 0) is 12.7 Å². The highest BCUT2D eigenvalue weighted by molar-refractivity contribution is 5.84. The summed E-state index contributed by atoms with van der Waals surface area (Å²) in [6.45, 7) is 2.57. The number of nitrogen functional groups attached to an aromatic ring is 1. The molecule has 0 unspecified atom stereocenters. The zero-order chi connectivity index (χ0) is 33.3. The summed E-state index contributed by atoms with van der Waals surface area (Å²) in [6.07, 6.45) is 1.70. The van der Waals surface area contributed by atoms with Gasteiger partial charge in [0.15, 0.2) is 11.5 Å². The molecule has 0 bridgehead atoms. The Morgan fingerprint density at radius 3 is 2.42 bits per heavy atom. The van der Waals surface area contributed by atoms with Crippen molar-refractivity contribution in [3.63, 3.8) is 0 Å². The number of nitriles is 1. The van der Waals surface area contributed by atoms with Crippen molar-refractivity contribution in [2.45, 2.75) is 31.6 Å². The first-order valence-corrected chi connectivity index (χ1v) is 15.2. The van der Waals surface area contributed by atoms with Gasteiger partial charge in [0, 0.05) is 55.5 Å². The van der Waals surface area contributed by atoms with E-state index in [1.807, 2.05) is 28.8 Å². The standard InChI is InChI=1S/C34H28F3N11/c35-34(36,37)28-10-5-22(19-42-28)26-8-9-27-33(44-26)48(32(45-27)25-2-1-14-41-31(25)39)24-6-3-21(4-7-24)20-47-16-12-23(13-17-47)43-29-11-15-40-30(18-38)46-29/h1-11,14-15,19,23H,12-13,16-17,20H2,(H2,39,41)(H,40,43,46). The molecular weight excluding hydrogens is 619 g/mol. The minimum absolute atomic E-state index is 0.147. The zero-order valence-electron chi connectivity index (χ0n) is 25.4. The predicted molar refractivity (Wildman–Crippen MR) is 173 cm³/mol. The van der Waals surface area contributed by atoms with Crippen LogP contribution in [0.4, 0.5) is 24.8 Å². The minimum atomic E-state index is -4.53. The quantitative estimate of drug-likeness (QED) is 0.215. The number of likely N-dealkylation sites (tertiary alicyclic amines) is 1. The van der Waals surface area contributed by atoms with E-state index >= 15 is 0 Å². The highest BCUT2D eigenvalue weighted by Gasteiger charge is 2.32. The van der Waals surface area contributed by atoms with Crippen molar-refractivity contribution < 1.29 is 13.2 Å². The lowest BCUT2D eigenvalue weighted by Crippen LogP contribution is -2.38. The van der Waals surface area contributed by atoms with E-state index in [-0.39, 0.29) is 11.9 Å². The van der Waals surface area contributed by atoms with E-state index in [0.717, 1.165) is 49.8 Å². The Morgan fingerprint density at radius 1 is 0.896 bits per heavy atom. The van der Waals surface area contributed by atoms with Gasteiger partial charge in [0.1, 0.15) is 28.9 Å². The predicted octanol–water partition coefficient (Wildman–Crippen LogP) is 5.88. The number of aromatic nitrogens is 7. The first kappa shape index (κ1) is 30.7. The molecule has 0 atom stereocenters. The van der Waals surface area contributed by atoms with Crippen LogP contribution in [0.3, 0.4) is 0 Å². The number of benzene rings is 1. The molecule has 11 nitrogen and oxygen atoms in total. The van der Waals surface area contributed by atoms with Crippen molar-refractivity contribution in [2.75, 3.05) is 24.1 Å². The largest absolute Gasteiger partial charge is 0.433 e. The molecule has 240 valence electrons. The van der Waals surface area contributed by atoms with Gasteiger partial charge in [0.2, 0.25) is 5.82 Å². The number of nitrogens with one attached hydrogen (secondary N) is 1. The van der Waals surface area contributed by atoms with Gasteiger partial charge in [-0.1, -0.05) is 12.1 Å². The van der Waals surface area contributed by atoms with Crippen LogP contribution in [0.2, 0.25) is 0 Å². The lowest BCUT2D eigenvalue weighted by atomic mass is 10.0. The average Bonchev–Trinajstić information content (AvgIpc) is 3.48.